The van der Waals surface area contributed by atoms with Gasteiger partial charge in [-0.15, -0.1) is 0 Å². The van der Waals surface area contributed by atoms with Crippen molar-refractivity contribution in [1.82, 2.24) is 9.80 Å². The van der Waals surface area contributed by atoms with Gasteiger partial charge in [0.15, 0.2) is 9.84 Å². The third-order valence-electron chi connectivity index (χ3n) is 4.87. The van der Waals surface area contributed by atoms with Crippen LogP contribution < -0.4 is 4.74 Å². The maximum Gasteiger partial charge on any atom is 0.253 e. The van der Waals surface area contributed by atoms with Crippen LogP contribution in [0, 0.1) is 0 Å². The summed E-state index contributed by atoms with van der Waals surface area (Å²) >= 11 is 6.05. The largest absolute Gasteiger partial charge is 0.488 e. The van der Waals surface area contributed by atoms with Crippen LogP contribution in [0.15, 0.2) is 23.8 Å². The number of nitrogens with zero attached hydrogens (tertiary/aromatic N) is 2. The molecule has 1 amide bonds. The molecular formula is C19H25ClN2O4S. The second kappa shape index (κ2) is 8.20. The van der Waals surface area contributed by atoms with Crippen LogP contribution in [-0.2, 0) is 14.6 Å². The summed E-state index contributed by atoms with van der Waals surface area (Å²) in [6.07, 6.45) is 3.08. The van der Waals surface area contributed by atoms with Crippen molar-refractivity contribution in [3.63, 3.8) is 0 Å². The predicted molar refractivity (Wildman–Crippen MR) is 107 cm³/mol. The lowest BCUT2D eigenvalue weighted by molar-refractivity contribution is -0.129. The van der Waals surface area contributed by atoms with E-state index in [-0.39, 0.29) is 30.1 Å². The van der Waals surface area contributed by atoms with Gasteiger partial charge in [-0.25, -0.2) is 8.42 Å². The van der Waals surface area contributed by atoms with E-state index in [1.807, 2.05) is 14.1 Å². The summed E-state index contributed by atoms with van der Waals surface area (Å²) in [5.74, 6) is 0.723. The SMILES string of the molecule is CN(C)CCCN(C(=O)C1=Cc2cc(Cl)ccc2OC1)C1CCS(=O)(=O)C1. The number of fused-ring (bicyclic) bond motifs is 1. The lowest BCUT2D eigenvalue weighted by Crippen LogP contribution is -2.44. The molecule has 0 aromatic heterocycles. The Bertz CT molecular complexity index is 851. The second-order valence-corrected chi connectivity index (χ2v) is 10.0. The highest BCUT2D eigenvalue weighted by Crippen LogP contribution is 2.30. The van der Waals surface area contributed by atoms with Crippen LogP contribution in [0.4, 0.5) is 0 Å². The molecule has 0 spiro atoms. The Morgan fingerprint density at radius 1 is 1.30 bits per heavy atom. The van der Waals surface area contributed by atoms with Crippen LogP contribution in [0.5, 0.6) is 5.75 Å². The molecule has 1 unspecified atom stereocenters. The number of sulfone groups is 1. The Morgan fingerprint density at radius 2 is 2.07 bits per heavy atom. The van der Waals surface area contributed by atoms with E-state index in [0.29, 0.717) is 29.3 Å². The second-order valence-electron chi connectivity index (χ2n) is 7.35. The zero-order valence-electron chi connectivity index (χ0n) is 15.7. The first kappa shape index (κ1) is 20.2. The zero-order chi connectivity index (χ0) is 19.6. The molecule has 27 heavy (non-hydrogen) atoms. The quantitative estimate of drug-likeness (QED) is 0.715. The number of carbonyl (C=O) groups is 1. The maximum absolute atomic E-state index is 13.2. The maximum atomic E-state index is 13.2. The summed E-state index contributed by atoms with van der Waals surface area (Å²) in [7, 11) is 0.880. The average molecular weight is 413 g/mol. The Hall–Kier alpha value is -1.57. The molecule has 1 fully saturated rings. The van der Waals surface area contributed by atoms with Crippen molar-refractivity contribution in [3.05, 3.63) is 34.4 Å². The first-order valence-electron chi connectivity index (χ1n) is 9.04. The summed E-state index contributed by atoms with van der Waals surface area (Å²) in [5.41, 5.74) is 1.29. The van der Waals surface area contributed by atoms with Gasteiger partial charge in [-0.3, -0.25) is 4.79 Å². The highest BCUT2D eigenvalue weighted by molar-refractivity contribution is 7.91. The first-order valence-corrected chi connectivity index (χ1v) is 11.2. The van der Waals surface area contributed by atoms with Gasteiger partial charge >= 0.3 is 0 Å². The van der Waals surface area contributed by atoms with E-state index in [1.165, 1.54) is 0 Å². The van der Waals surface area contributed by atoms with Gasteiger partial charge in [-0.1, -0.05) is 11.6 Å². The van der Waals surface area contributed by atoms with Crippen molar-refractivity contribution < 1.29 is 17.9 Å². The zero-order valence-corrected chi connectivity index (χ0v) is 17.2. The van der Waals surface area contributed by atoms with Gasteiger partial charge in [0.2, 0.25) is 0 Å². The van der Waals surface area contributed by atoms with Gasteiger partial charge in [0.25, 0.3) is 5.91 Å². The fourth-order valence-corrected chi connectivity index (χ4v) is 5.40. The number of ether oxygens (including phenoxy) is 1. The number of hydrogen-bond acceptors (Lipinski definition) is 5. The number of carbonyl (C=O) groups excluding carboxylic acids is 1. The van der Waals surface area contributed by atoms with Crippen molar-refractivity contribution in [2.45, 2.75) is 18.9 Å². The van der Waals surface area contributed by atoms with Crippen molar-refractivity contribution in [2.24, 2.45) is 0 Å². The molecule has 0 radical (unpaired) electrons. The van der Waals surface area contributed by atoms with Gasteiger partial charge in [-0.05, 0) is 57.8 Å². The summed E-state index contributed by atoms with van der Waals surface area (Å²) in [4.78, 5) is 17.0. The number of amides is 1. The van der Waals surface area contributed by atoms with Crippen LogP contribution >= 0.6 is 11.6 Å². The first-order chi connectivity index (χ1) is 12.7. The van der Waals surface area contributed by atoms with E-state index < -0.39 is 9.84 Å². The fraction of sp³-hybridized carbons (Fsp3) is 0.526. The molecule has 3 rings (SSSR count). The van der Waals surface area contributed by atoms with Crippen molar-refractivity contribution in [3.8, 4) is 5.75 Å². The fourth-order valence-electron chi connectivity index (χ4n) is 3.48. The molecule has 0 bridgehead atoms. The highest BCUT2D eigenvalue weighted by Gasteiger charge is 2.35. The molecule has 6 nitrogen and oxygen atoms in total. The molecule has 2 aliphatic heterocycles. The van der Waals surface area contributed by atoms with Crippen molar-refractivity contribution in [1.29, 1.82) is 0 Å². The molecule has 1 aromatic carbocycles. The minimum Gasteiger partial charge on any atom is -0.488 e. The van der Waals surface area contributed by atoms with Gasteiger partial charge in [0.05, 0.1) is 17.1 Å². The lowest BCUT2D eigenvalue weighted by Gasteiger charge is -2.31. The number of halogens is 1. The van der Waals surface area contributed by atoms with Crippen LogP contribution in [0.25, 0.3) is 6.08 Å². The third-order valence-corrected chi connectivity index (χ3v) is 6.86. The summed E-state index contributed by atoms with van der Waals surface area (Å²) < 4.78 is 29.6. The summed E-state index contributed by atoms with van der Waals surface area (Å²) in [6.45, 7) is 1.53. The van der Waals surface area contributed by atoms with Crippen molar-refractivity contribution in [2.75, 3.05) is 45.3 Å². The third kappa shape index (κ3) is 5.03. The molecule has 2 heterocycles. The Kier molecular flexibility index (Phi) is 6.13. The molecular weight excluding hydrogens is 388 g/mol. The topological polar surface area (TPSA) is 66.9 Å². The number of hydrogen-bond donors (Lipinski definition) is 0. The van der Waals surface area contributed by atoms with Crippen LogP contribution in [-0.4, -0.2) is 75.5 Å². The molecule has 2 aliphatic rings. The van der Waals surface area contributed by atoms with E-state index >= 15 is 0 Å². The molecule has 1 saturated heterocycles. The Morgan fingerprint density at radius 3 is 2.74 bits per heavy atom. The Labute approximate surface area is 165 Å². The minimum absolute atomic E-state index is 0.0389. The highest BCUT2D eigenvalue weighted by atomic mass is 35.5. The lowest BCUT2D eigenvalue weighted by atomic mass is 10.1. The Balaban J connectivity index is 1.82. The summed E-state index contributed by atoms with van der Waals surface area (Å²) in [6, 6.07) is 5.03. The number of benzene rings is 1. The van der Waals surface area contributed by atoms with Gasteiger partial charge in [0.1, 0.15) is 12.4 Å². The van der Waals surface area contributed by atoms with Crippen LogP contribution in [0.2, 0.25) is 5.02 Å². The monoisotopic (exact) mass is 412 g/mol. The molecule has 8 heteroatoms. The van der Waals surface area contributed by atoms with Gasteiger partial charge in [0, 0.05) is 23.2 Å². The number of rotatable bonds is 6. The van der Waals surface area contributed by atoms with E-state index in [2.05, 4.69) is 4.90 Å². The molecule has 1 aromatic rings. The normalized spacial score (nSPS) is 20.7. The molecule has 0 aliphatic carbocycles. The predicted octanol–water partition coefficient (Wildman–Crippen LogP) is 2.08. The van der Waals surface area contributed by atoms with Crippen molar-refractivity contribution >= 4 is 33.4 Å². The van der Waals surface area contributed by atoms with Crippen LogP contribution in [0.1, 0.15) is 18.4 Å². The molecule has 0 N–H and O–H groups in total. The average Bonchev–Trinajstić information content (AvgIpc) is 2.96. The van der Waals surface area contributed by atoms with Gasteiger partial charge in [-0.2, -0.15) is 0 Å². The van der Waals surface area contributed by atoms with Gasteiger partial charge < -0.3 is 14.5 Å². The van der Waals surface area contributed by atoms with E-state index in [4.69, 9.17) is 16.3 Å². The minimum atomic E-state index is -3.07. The smallest absolute Gasteiger partial charge is 0.253 e. The summed E-state index contributed by atoms with van der Waals surface area (Å²) in [5, 5.41) is 0.576. The molecule has 0 saturated carbocycles. The molecule has 148 valence electrons. The van der Waals surface area contributed by atoms with E-state index in [9.17, 15) is 13.2 Å². The van der Waals surface area contributed by atoms with E-state index in [1.54, 1.807) is 29.2 Å². The standard InChI is InChI=1S/C19H25ClN2O4S/c1-21(2)7-3-8-22(17-6-9-27(24,25)13-17)19(23)15-10-14-11-16(20)4-5-18(14)26-12-15/h4-5,10-11,17H,3,6-9,12-13H2,1-2H3. The van der Waals surface area contributed by atoms with E-state index in [0.717, 1.165) is 18.5 Å². The molecule has 1 atom stereocenters. The van der Waals surface area contributed by atoms with Crippen LogP contribution in [0.3, 0.4) is 0 Å².